The van der Waals surface area contributed by atoms with Gasteiger partial charge in [0.05, 0.1) is 23.6 Å². The molecular weight excluding hydrogens is 701 g/mol. The van der Waals surface area contributed by atoms with E-state index in [4.69, 9.17) is 4.74 Å². The van der Waals surface area contributed by atoms with Crippen LogP contribution >= 0.6 is 0 Å². The molecule has 2 aromatic rings. The van der Waals surface area contributed by atoms with E-state index in [1.807, 2.05) is 4.90 Å². The second-order valence-electron chi connectivity index (χ2n) is 13.6. The number of halogens is 7. The molecule has 0 bridgehead atoms. The zero-order valence-corrected chi connectivity index (χ0v) is 28.4. The van der Waals surface area contributed by atoms with Gasteiger partial charge < -0.3 is 30.1 Å². The summed E-state index contributed by atoms with van der Waals surface area (Å²) < 4.78 is 101. The highest BCUT2D eigenvalue weighted by molar-refractivity contribution is 6.02. The van der Waals surface area contributed by atoms with Crippen LogP contribution in [-0.2, 0) is 11.3 Å². The fourth-order valence-electron chi connectivity index (χ4n) is 7.53. The molecule has 4 aliphatic rings. The van der Waals surface area contributed by atoms with E-state index in [0.717, 1.165) is 49.7 Å². The number of alkyl halides is 7. The normalized spacial score (nSPS) is 20.5. The largest absolute Gasteiger partial charge is 0.433 e. The van der Waals surface area contributed by atoms with Gasteiger partial charge in [0, 0.05) is 55.8 Å². The van der Waals surface area contributed by atoms with Crippen LogP contribution in [0.25, 0.3) is 0 Å². The van der Waals surface area contributed by atoms with E-state index in [-0.39, 0.29) is 47.3 Å². The molecular formula is C34H41F7N8O3. The lowest BCUT2D eigenvalue weighted by molar-refractivity contribution is -0.141. The van der Waals surface area contributed by atoms with Crippen molar-refractivity contribution >= 4 is 40.8 Å². The fraction of sp³-hybridized carbons (Fsp3) is 0.588. The monoisotopic (exact) mass is 742 g/mol. The van der Waals surface area contributed by atoms with E-state index < -0.39 is 62.6 Å². The standard InChI is InChI=1S/C34H41F7N8O3/c1-2-28(50)43-24-16-25(27(52-30(35)36)17-26(24)47-14-8-22(9-15-47)46-12-4-3-5-13-46)44-31-42-18-21-19-48(20-34(39,40)41)32(51)49(29(21)45-31)23-6-10-33(37,38)11-7-23/h2,16-18,22-23,30H,1,3-15,19-20H2,(H,43,50)(H,42,44,45). The van der Waals surface area contributed by atoms with Gasteiger partial charge in [-0.05, 0) is 63.8 Å². The predicted octanol–water partition coefficient (Wildman–Crippen LogP) is 7.28. The summed E-state index contributed by atoms with van der Waals surface area (Å²) in [6, 6.07) is 1.22. The number of fused-ring (bicyclic) bond motifs is 1. The van der Waals surface area contributed by atoms with Crippen LogP contribution in [0.4, 0.5) is 64.4 Å². The number of ether oxygens (including phenoxy) is 1. The van der Waals surface area contributed by atoms with Crippen molar-refractivity contribution in [3.8, 4) is 5.75 Å². The van der Waals surface area contributed by atoms with Crippen molar-refractivity contribution in [1.82, 2.24) is 19.8 Å². The van der Waals surface area contributed by atoms with Gasteiger partial charge in [-0.1, -0.05) is 13.0 Å². The number of carbonyl (C=O) groups excluding carboxylic acids is 2. The molecule has 1 aromatic carbocycles. The van der Waals surface area contributed by atoms with Crippen LogP contribution < -0.4 is 25.2 Å². The number of hydrogen-bond donors (Lipinski definition) is 2. The predicted molar refractivity (Wildman–Crippen MR) is 179 cm³/mol. The molecule has 1 saturated carbocycles. The molecule has 3 fully saturated rings. The summed E-state index contributed by atoms with van der Waals surface area (Å²) in [5.74, 6) is -4.16. The Bertz CT molecular complexity index is 1620. The summed E-state index contributed by atoms with van der Waals surface area (Å²) in [6.07, 6.45) is 1.21. The molecule has 18 heteroatoms. The molecule has 11 nitrogen and oxygen atoms in total. The Balaban J connectivity index is 1.32. The molecule has 3 aliphatic heterocycles. The second kappa shape index (κ2) is 15.3. The maximum Gasteiger partial charge on any atom is 0.406 e. The van der Waals surface area contributed by atoms with Crippen LogP contribution in [0.15, 0.2) is 31.0 Å². The molecule has 1 aromatic heterocycles. The van der Waals surface area contributed by atoms with Gasteiger partial charge in [-0.3, -0.25) is 9.69 Å². The molecule has 0 unspecified atom stereocenters. The highest BCUT2D eigenvalue weighted by Gasteiger charge is 2.45. The topological polar surface area (TPSA) is 106 Å². The van der Waals surface area contributed by atoms with Crippen LogP contribution in [0.5, 0.6) is 5.75 Å². The van der Waals surface area contributed by atoms with E-state index in [2.05, 4.69) is 32.1 Å². The van der Waals surface area contributed by atoms with Gasteiger partial charge in [-0.2, -0.15) is 26.9 Å². The molecule has 0 spiro atoms. The lowest BCUT2D eigenvalue weighted by Gasteiger charge is -2.42. The zero-order chi connectivity index (χ0) is 37.2. The first-order chi connectivity index (χ1) is 24.7. The minimum absolute atomic E-state index is 0.0825. The van der Waals surface area contributed by atoms with Gasteiger partial charge in [0.1, 0.15) is 12.4 Å². The van der Waals surface area contributed by atoms with Gasteiger partial charge in [0.2, 0.25) is 17.8 Å². The van der Waals surface area contributed by atoms with Crippen LogP contribution in [0.2, 0.25) is 0 Å². The number of nitrogens with one attached hydrogen (secondary N) is 2. The molecule has 0 radical (unpaired) electrons. The van der Waals surface area contributed by atoms with Crippen LogP contribution in [0.1, 0.15) is 63.4 Å². The number of rotatable bonds is 10. The number of amides is 3. The van der Waals surface area contributed by atoms with Crippen LogP contribution in [-0.4, -0.2) is 95.2 Å². The molecule has 2 saturated heterocycles. The lowest BCUT2D eigenvalue weighted by Crippen LogP contribution is -2.55. The van der Waals surface area contributed by atoms with Crippen molar-refractivity contribution in [3.05, 3.63) is 36.5 Å². The maximum absolute atomic E-state index is 14.0. The summed E-state index contributed by atoms with van der Waals surface area (Å²) in [6.45, 7) is 1.46. The third-order valence-electron chi connectivity index (χ3n) is 10.0. The number of aromatic nitrogens is 2. The molecule has 284 valence electrons. The third kappa shape index (κ3) is 8.81. The molecule has 4 heterocycles. The molecule has 0 atom stereocenters. The Hall–Kier alpha value is -4.35. The highest BCUT2D eigenvalue weighted by Crippen LogP contribution is 2.42. The van der Waals surface area contributed by atoms with Crippen molar-refractivity contribution in [2.24, 2.45) is 0 Å². The molecule has 3 amide bonds. The number of anilines is 5. The Labute approximate surface area is 296 Å². The first-order valence-corrected chi connectivity index (χ1v) is 17.4. The Kier molecular flexibility index (Phi) is 11.0. The summed E-state index contributed by atoms with van der Waals surface area (Å²) >= 11 is 0. The second-order valence-corrected chi connectivity index (χ2v) is 13.6. The number of benzene rings is 1. The van der Waals surface area contributed by atoms with Gasteiger partial charge in [-0.15, -0.1) is 0 Å². The maximum atomic E-state index is 14.0. The number of carbonyl (C=O) groups is 2. The van der Waals surface area contributed by atoms with E-state index in [0.29, 0.717) is 29.7 Å². The van der Waals surface area contributed by atoms with E-state index in [1.54, 1.807) is 0 Å². The number of likely N-dealkylation sites (tertiary alicyclic amines) is 1. The minimum atomic E-state index is -4.73. The molecule has 6 rings (SSSR count). The Morgan fingerprint density at radius 2 is 1.71 bits per heavy atom. The number of nitrogens with zero attached hydrogens (tertiary/aromatic N) is 6. The summed E-state index contributed by atoms with van der Waals surface area (Å²) in [5, 5.41) is 5.54. The first kappa shape index (κ1) is 37.4. The number of urea groups is 1. The quantitative estimate of drug-likeness (QED) is 0.193. The zero-order valence-electron chi connectivity index (χ0n) is 28.4. The smallest absolute Gasteiger partial charge is 0.406 e. The van der Waals surface area contributed by atoms with Crippen LogP contribution in [0.3, 0.4) is 0 Å². The third-order valence-corrected chi connectivity index (χ3v) is 10.0. The van der Waals surface area contributed by atoms with Crippen molar-refractivity contribution in [1.29, 1.82) is 0 Å². The minimum Gasteiger partial charge on any atom is -0.433 e. The molecule has 1 aliphatic carbocycles. The SMILES string of the molecule is C=CC(=O)Nc1cc(Nc2ncc3c(n2)N(C2CCC(F)(F)CC2)C(=O)N(CC(F)(F)F)C3)c(OC(F)F)cc1N1CCC(N2CCCCC2)CC1. The van der Waals surface area contributed by atoms with E-state index in [9.17, 15) is 40.3 Å². The van der Waals surface area contributed by atoms with Crippen molar-refractivity contribution in [2.45, 2.75) is 95.1 Å². The van der Waals surface area contributed by atoms with Crippen molar-refractivity contribution in [2.75, 3.05) is 53.2 Å². The Morgan fingerprint density at radius 1 is 1.02 bits per heavy atom. The molecule has 52 heavy (non-hydrogen) atoms. The molecule has 2 N–H and O–H groups in total. The average Bonchev–Trinajstić information content (AvgIpc) is 3.10. The van der Waals surface area contributed by atoms with Gasteiger partial charge in [0.15, 0.2) is 5.75 Å². The number of hydrogen-bond acceptors (Lipinski definition) is 8. The fourth-order valence-corrected chi connectivity index (χ4v) is 7.53. The summed E-state index contributed by atoms with van der Waals surface area (Å²) in [7, 11) is 0. The van der Waals surface area contributed by atoms with Crippen molar-refractivity contribution in [3.63, 3.8) is 0 Å². The van der Waals surface area contributed by atoms with E-state index in [1.165, 1.54) is 24.8 Å². The number of piperidine rings is 2. The van der Waals surface area contributed by atoms with Gasteiger partial charge in [-0.25, -0.2) is 18.6 Å². The lowest BCUT2D eigenvalue weighted by atomic mass is 9.90. The average molecular weight is 743 g/mol. The Morgan fingerprint density at radius 3 is 2.35 bits per heavy atom. The highest BCUT2D eigenvalue weighted by atomic mass is 19.4. The summed E-state index contributed by atoms with van der Waals surface area (Å²) in [5.41, 5.74) is 0.746. The van der Waals surface area contributed by atoms with E-state index >= 15 is 0 Å². The first-order valence-electron chi connectivity index (χ1n) is 17.4. The van der Waals surface area contributed by atoms with Crippen LogP contribution in [0, 0.1) is 0 Å². The van der Waals surface area contributed by atoms with Gasteiger partial charge in [0.25, 0.3) is 0 Å². The summed E-state index contributed by atoms with van der Waals surface area (Å²) in [4.78, 5) is 40.6. The van der Waals surface area contributed by atoms with Gasteiger partial charge >= 0.3 is 18.8 Å². The van der Waals surface area contributed by atoms with Crippen molar-refractivity contribution < 1.29 is 45.1 Å².